The van der Waals surface area contributed by atoms with Crippen LogP contribution in [0.5, 0.6) is 0 Å². The van der Waals surface area contributed by atoms with E-state index in [1.165, 1.54) is 46.9 Å². The molecule has 4 heterocycles. The fourth-order valence-electron chi connectivity index (χ4n) is 5.73. The number of amides is 3. The number of imidazole rings is 1. The van der Waals surface area contributed by atoms with Crippen LogP contribution >= 0.6 is 11.6 Å². The van der Waals surface area contributed by atoms with E-state index < -0.39 is 17.8 Å². The molecule has 234 valence electrons. The SMILES string of the molecule is Cn1c(-c2cn(C3CC3)nc2C(F)(F)F)cnc1C(=O)Nc1ccc(C(=O)N2CCN(C(=O)CC3CCNC3)CC2)c(Cl)c1. The van der Waals surface area contributed by atoms with Gasteiger partial charge >= 0.3 is 6.18 Å². The van der Waals surface area contributed by atoms with Crippen LogP contribution in [0.3, 0.4) is 0 Å². The Kier molecular flexibility index (Phi) is 8.14. The molecule has 3 aliphatic rings. The maximum absolute atomic E-state index is 13.7. The third-order valence-electron chi connectivity index (χ3n) is 8.39. The van der Waals surface area contributed by atoms with Gasteiger partial charge in [-0.15, -0.1) is 0 Å². The second-order valence-corrected chi connectivity index (χ2v) is 11.9. The van der Waals surface area contributed by atoms with Crippen LogP contribution in [-0.2, 0) is 18.0 Å². The molecule has 1 aliphatic carbocycles. The van der Waals surface area contributed by atoms with E-state index in [1.807, 2.05) is 0 Å². The summed E-state index contributed by atoms with van der Waals surface area (Å²) in [5.74, 6) is -0.580. The van der Waals surface area contributed by atoms with E-state index in [2.05, 4.69) is 20.7 Å². The van der Waals surface area contributed by atoms with Crippen molar-refractivity contribution >= 4 is 35.0 Å². The molecule has 1 aromatic carbocycles. The molecule has 1 atom stereocenters. The molecule has 2 saturated heterocycles. The maximum Gasteiger partial charge on any atom is 0.435 e. The van der Waals surface area contributed by atoms with Crippen LogP contribution in [0.15, 0.2) is 30.6 Å². The average molecular weight is 633 g/mol. The van der Waals surface area contributed by atoms with Gasteiger partial charge in [-0.05, 0) is 56.5 Å². The van der Waals surface area contributed by atoms with Crippen LogP contribution in [0.4, 0.5) is 18.9 Å². The van der Waals surface area contributed by atoms with E-state index in [0.29, 0.717) is 38.5 Å². The second-order valence-electron chi connectivity index (χ2n) is 11.5. The number of hydrogen-bond acceptors (Lipinski definition) is 6. The maximum atomic E-state index is 13.7. The fourth-order valence-corrected chi connectivity index (χ4v) is 5.99. The quantitative estimate of drug-likeness (QED) is 0.409. The molecule has 0 bridgehead atoms. The van der Waals surface area contributed by atoms with Gasteiger partial charge in [-0.1, -0.05) is 11.6 Å². The van der Waals surface area contributed by atoms with Gasteiger partial charge in [0.25, 0.3) is 11.8 Å². The molecule has 15 heteroatoms. The van der Waals surface area contributed by atoms with Crippen molar-refractivity contribution in [2.24, 2.45) is 13.0 Å². The Morgan fingerprint density at radius 2 is 1.82 bits per heavy atom. The lowest BCUT2D eigenvalue weighted by Gasteiger charge is -2.35. The van der Waals surface area contributed by atoms with Crippen LogP contribution in [0.25, 0.3) is 11.3 Å². The summed E-state index contributed by atoms with van der Waals surface area (Å²) in [5.41, 5.74) is -0.532. The highest BCUT2D eigenvalue weighted by Gasteiger charge is 2.40. The molecular formula is C29H32ClF3N8O3. The molecule has 6 rings (SSSR count). The number of carbonyl (C=O) groups is 3. The first-order valence-corrected chi connectivity index (χ1v) is 14.9. The molecule has 3 amide bonds. The van der Waals surface area contributed by atoms with E-state index in [9.17, 15) is 27.6 Å². The van der Waals surface area contributed by atoms with Crippen LogP contribution in [0.1, 0.15) is 58.4 Å². The number of alkyl halides is 3. The number of nitrogens with one attached hydrogen (secondary N) is 2. The number of aromatic nitrogens is 4. The van der Waals surface area contributed by atoms with E-state index in [0.717, 1.165) is 32.4 Å². The molecule has 3 fully saturated rings. The predicted molar refractivity (Wildman–Crippen MR) is 155 cm³/mol. The molecule has 1 unspecified atom stereocenters. The summed E-state index contributed by atoms with van der Waals surface area (Å²) < 4.78 is 43.8. The van der Waals surface area contributed by atoms with Gasteiger partial charge in [0, 0.05) is 51.5 Å². The summed E-state index contributed by atoms with van der Waals surface area (Å²) in [7, 11) is 1.46. The zero-order valence-corrected chi connectivity index (χ0v) is 24.8. The molecule has 1 saturated carbocycles. The third-order valence-corrected chi connectivity index (χ3v) is 8.70. The van der Waals surface area contributed by atoms with Crippen LogP contribution in [0, 0.1) is 5.92 Å². The fraction of sp³-hybridized carbons (Fsp3) is 0.483. The van der Waals surface area contributed by atoms with Crippen molar-refractivity contribution in [1.29, 1.82) is 0 Å². The Morgan fingerprint density at radius 3 is 2.45 bits per heavy atom. The molecule has 2 aliphatic heterocycles. The Bertz CT molecular complexity index is 1580. The van der Waals surface area contributed by atoms with Crippen LogP contribution in [0.2, 0.25) is 5.02 Å². The summed E-state index contributed by atoms with van der Waals surface area (Å²) in [6, 6.07) is 4.42. The van der Waals surface area contributed by atoms with Gasteiger partial charge in [-0.25, -0.2) is 4.98 Å². The van der Waals surface area contributed by atoms with Crippen molar-refractivity contribution in [2.75, 3.05) is 44.6 Å². The number of carbonyl (C=O) groups excluding carboxylic acids is 3. The number of piperazine rings is 1. The van der Waals surface area contributed by atoms with Gasteiger partial charge in [0.1, 0.15) is 0 Å². The number of halogens is 4. The minimum Gasteiger partial charge on any atom is -0.339 e. The molecular weight excluding hydrogens is 601 g/mol. The molecule has 2 aromatic heterocycles. The highest BCUT2D eigenvalue weighted by molar-refractivity contribution is 6.34. The summed E-state index contributed by atoms with van der Waals surface area (Å²) in [4.78, 5) is 46.4. The van der Waals surface area contributed by atoms with Gasteiger partial charge in [-0.2, -0.15) is 18.3 Å². The van der Waals surface area contributed by atoms with Gasteiger partial charge in [0.2, 0.25) is 5.91 Å². The smallest absolute Gasteiger partial charge is 0.339 e. The Labute approximate surface area is 256 Å². The number of nitrogens with zero attached hydrogens (tertiary/aromatic N) is 6. The zero-order chi connectivity index (χ0) is 31.2. The topological polar surface area (TPSA) is 117 Å². The molecule has 44 heavy (non-hydrogen) atoms. The summed E-state index contributed by atoms with van der Waals surface area (Å²) >= 11 is 6.45. The van der Waals surface area contributed by atoms with Crippen molar-refractivity contribution in [3.05, 3.63) is 52.7 Å². The zero-order valence-electron chi connectivity index (χ0n) is 24.0. The number of hydrogen-bond donors (Lipinski definition) is 2. The normalized spacial score (nSPS) is 19.0. The van der Waals surface area contributed by atoms with Gasteiger partial charge < -0.3 is 25.0 Å². The Morgan fingerprint density at radius 1 is 1.09 bits per heavy atom. The first kappa shape index (κ1) is 30.1. The van der Waals surface area contributed by atoms with E-state index in [-0.39, 0.29) is 51.2 Å². The second kappa shape index (κ2) is 11.9. The standard InChI is InChI=1S/C29H32ClF3N8O3/c1-38-23(21-16-41(19-3-4-19)37-25(21)29(31,32)33)15-35-26(38)27(43)36-18-2-5-20(22(30)13-18)28(44)40-10-8-39(9-11-40)24(42)12-17-6-7-34-14-17/h2,5,13,15-17,19,34H,3-4,6-12,14H2,1H3,(H,36,43). The van der Waals surface area contributed by atoms with Crippen LogP contribution < -0.4 is 10.6 Å². The monoisotopic (exact) mass is 632 g/mol. The minimum atomic E-state index is -4.67. The molecule has 11 nitrogen and oxygen atoms in total. The first-order valence-electron chi connectivity index (χ1n) is 14.6. The first-order chi connectivity index (χ1) is 21.0. The number of rotatable bonds is 7. The van der Waals surface area contributed by atoms with Crippen molar-refractivity contribution in [2.45, 2.75) is 37.9 Å². The summed E-state index contributed by atoms with van der Waals surface area (Å²) in [6.07, 6.45) is 0.932. The molecule has 2 N–H and O–H groups in total. The number of anilines is 1. The molecule has 0 spiro atoms. The van der Waals surface area contributed by atoms with Crippen molar-refractivity contribution in [3.8, 4) is 11.3 Å². The van der Waals surface area contributed by atoms with Crippen molar-refractivity contribution in [3.63, 3.8) is 0 Å². The van der Waals surface area contributed by atoms with Gasteiger partial charge in [0.05, 0.1) is 34.1 Å². The number of benzene rings is 1. The molecule has 0 radical (unpaired) electrons. The van der Waals surface area contributed by atoms with Crippen molar-refractivity contribution < 1.29 is 27.6 Å². The Hall–Kier alpha value is -3.91. The highest BCUT2D eigenvalue weighted by Crippen LogP contribution is 2.41. The van der Waals surface area contributed by atoms with Crippen molar-refractivity contribution in [1.82, 2.24) is 34.4 Å². The summed E-state index contributed by atoms with van der Waals surface area (Å²) in [5, 5.41) is 9.81. The highest BCUT2D eigenvalue weighted by atomic mass is 35.5. The minimum absolute atomic E-state index is 0.0570. The predicted octanol–water partition coefficient (Wildman–Crippen LogP) is 3.83. The average Bonchev–Trinajstić information content (AvgIpc) is 3.34. The van der Waals surface area contributed by atoms with E-state index >= 15 is 0 Å². The summed E-state index contributed by atoms with van der Waals surface area (Å²) in [6.45, 7) is 3.48. The molecule has 3 aromatic rings. The van der Waals surface area contributed by atoms with Crippen LogP contribution in [-0.4, -0.2) is 86.1 Å². The van der Waals surface area contributed by atoms with E-state index in [1.54, 1.807) is 9.80 Å². The van der Waals surface area contributed by atoms with Gasteiger partial charge in [0.15, 0.2) is 11.5 Å². The largest absolute Gasteiger partial charge is 0.435 e. The van der Waals surface area contributed by atoms with Gasteiger partial charge in [-0.3, -0.25) is 19.1 Å². The lowest BCUT2D eigenvalue weighted by Crippen LogP contribution is -2.51. The Balaban J connectivity index is 1.09. The lowest BCUT2D eigenvalue weighted by atomic mass is 10.0. The third kappa shape index (κ3) is 6.18. The van der Waals surface area contributed by atoms with E-state index in [4.69, 9.17) is 11.6 Å². The lowest BCUT2D eigenvalue weighted by molar-refractivity contribution is -0.141.